The topological polar surface area (TPSA) is 87.5 Å². The smallest absolute Gasteiger partial charge is 0.319 e. The second-order valence-corrected chi connectivity index (χ2v) is 8.86. The Morgan fingerprint density at radius 3 is 2.48 bits per heavy atom. The lowest BCUT2D eigenvalue weighted by atomic mass is 10.1. The van der Waals surface area contributed by atoms with Crippen LogP contribution in [0.1, 0.15) is 22.3 Å². The van der Waals surface area contributed by atoms with E-state index < -0.39 is 6.04 Å². The van der Waals surface area contributed by atoms with Gasteiger partial charge in [0.15, 0.2) is 0 Å². The molecule has 6 nitrogen and oxygen atoms in total. The van der Waals surface area contributed by atoms with Crippen LogP contribution in [-0.4, -0.2) is 22.9 Å². The van der Waals surface area contributed by atoms with Gasteiger partial charge in [-0.1, -0.05) is 65.7 Å². The first-order valence-corrected chi connectivity index (χ1v) is 11.3. The van der Waals surface area contributed by atoms with Crippen LogP contribution in [0.3, 0.4) is 0 Å². The maximum atomic E-state index is 12.9. The average molecular weight is 483 g/mol. The van der Waals surface area contributed by atoms with Gasteiger partial charge in [0.25, 0.3) is 0 Å². The molecule has 1 unspecified atom stereocenters. The summed E-state index contributed by atoms with van der Waals surface area (Å²) in [6, 6.07) is 19.5. The minimum Gasteiger partial charge on any atom is -0.334 e. The van der Waals surface area contributed by atoms with E-state index in [9.17, 15) is 9.59 Å². The highest BCUT2D eigenvalue weighted by Crippen LogP contribution is 2.27. The molecule has 33 heavy (non-hydrogen) atoms. The highest BCUT2D eigenvalue weighted by molar-refractivity contribution is 6.35. The fourth-order valence-corrected chi connectivity index (χ4v) is 4.31. The van der Waals surface area contributed by atoms with Crippen LogP contribution in [0.25, 0.3) is 0 Å². The number of anilines is 1. The Labute approximate surface area is 202 Å². The molecule has 1 heterocycles. The van der Waals surface area contributed by atoms with Gasteiger partial charge in [0, 0.05) is 35.4 Å². The number of rotatable bonds is 6. The number of halogens is 2. The molecule has 8 heteroatoms. The van der Waals surface area contributed by atoms with E-state index in [0.717, 1.165) is 22.3 Å². The van der Waals surface area contributed by atoms with E-state index in [1.54, 1.807) is 23.1 Å². The van der Waals surface area contributed by atoms with Crippen molar-refractivity contribution < 1.29 is 9.59 Å². The third-order valence-electron chi connectivity index (χ3n) is 5.57. The van der Waals surface area contributed by atoms with Crippen molar-refractivity contribution in [3.8, 4) is 0 Å². The summed E-state index contributed by atoms with van der Waals surface area (Å²) in [6.45, 7) is 1.36. The Morgan fingerprint density at radius 2 is 1.73 bits per heavy atom. The van der Waals surface area contributed by atoms with Crippen molar-refractivity contribution in [1.82, 2.24) is 10.2 Å². The van der Waals surface area contributed by atoms with Gasteiger partial charge < -0.3 is 21.3 Å². The number of urea groups is 1. The molecule has 0 aromatic heterocycles. The summed E-state index contributed by atoms with van der Waals surface area (Å²) < 4.78 is 0. The second-order valence-electron chi connectivity index (χ2n) is 8.02. The molecule has 1 aliphatic rings. The van der Waals surface area contributed by atoms with Crippen LogP contribution < -0.4 is 16.4 Å². The molecule has 0 saturated heterocycles. The first-order chi connectivity index (χ1) is 15.9. The number of benzene rings is 3. The van der Waals surface area contributed by atoms with Crippen molar-refractivity contribution in [1.29, 1.82) is 0 Å². The molecule has 3 amide bonds. The monoisotopic (exact) mass is 482 g/mol. The van der Waals surface area contributed by atoms with Gasteiger partial charge in [-0.3, -0.25) is 4.79 Å². The van der Waals surface area contributed by atoms with E-state index in [0.29, 0.717) is 41.8 Å². The van der Waals surface area contributed by atoms with Crippen molar-refractivity contribution in [2.45, 2.75) is 32.1 Å². The lowest BCUT2D eigenvalue weighted by Crippen LogP contribution is -2.42. The Hall–Kier alpha value is -3.06. The van der Waals surface area contributed by atoms with Gasteiger partial charge in [-0.15, -0.1) is 0 Å². The third-order valence-corrected chi connectivity index (χ3v) is 6.15. The minimum absolute atomic E-state index is 0.146. The van der Waals surface area contributed by atoms with E-state index in [-0.39, 0.29) is 11.9 Å². The largest absolute Gasteiger partial charge is 0.334 e. The molecular weight excluding hydrogens is 459 g/mol. The molecule has 4 N–H and O–H groups in total. The van der Waals surface area contributed by atoms with Crippen LogP contribution in [0.15, 0.2) is 66.7 Å². The fourth-order valence-electron chi connectivity index (χ4n) is 3.83. The van der Waals surface area contributed by atoms with Crippen LogP contribution in [0.5, 0.6) is 0 Å². The molecule has 170 valence electrons. The van der Waals surface area contributed by atoms with Gasteiger partial charge in [0.2, 0.25) is 5.91 Å². The molecule has 1 aliphatic heterocycles. The number of nitrogens with one attached hydrogen (secondary N) is 2. The van der Waals surface area contributed by atoms with Gasteiger partial charge in [0.1, 0.15) is 0 Å². The first-order valence-electron chi connectivity index (χ1n) is 10.6. The van der Waals surface area contributed by atoms with Crippen LogP contribution >= 0.6 is 23.2 Å². The summed E-state index contributed by atoms with van der Waals surface area (Å²) in [6.07, 6.45) is 0.329. The molecule has 0 radical (unpaired) electrons. The lowest BCUT2D eigenvalue weighted by Gasteiger charge is -2.20. The van der Waals surface area contributed by atoms with E-state index in [1.165, 1.54) is 0 Å². The van der Waals surface area contributed by atoms with Crippen molar-refractivity contribution in [3.05, 3.63) is 99.0 Å². The molecular formula is C25H24Cl2N4O2. The zero-order valence-corrected chi connectivity index (χ0v) is 19.4. The lowest BCUT2D eigenvalue weighted by molar-refractivity contribution is -0.133. The van der Waals surface area contributed by atoms with Crippen LogP contribution in [-0.2, 0) is 30.8 Å². The van der Waals surface area contributed by atoms with Crippen molar-refractivity contribution >= 4 is 40.8 Å². The van der Waals surface area contributed by atoms with Crippen molar-refractivity contribution in [2.75, 3.05) is 5.32 Å². The summed E-state index contributed by atoms with van der Waals surface area (Å²) in [5.41, 5.74) is 10.7. The number of hydrogen-bond donors (Lipinski definition) is 3. The molecule has 0 saturated carbocycles. The Kier molecular flexibility index (Phi) is 7.18. The molecule has 3 aromatic carbocycles. The Balaban J connectivity index is 1.33. The maximum Gasteiger partial charge on any atom is 0.319 e. The molecule has 4 rings (SSSR count). The SMILES string of the molecule is NC(Cc1ccc(Cl)cc1Cl)C(=O)N1Cc2ccc(NC(=O)NCc3ccccc3)cc2C1. The molecule has 0 bridgehead atoms. The fraction of sp³-hybridized carbons (Fsp3) is 0.200. The van der Waals surface area contributed by atoms with E-state index >= 15 is 0 Å². The Morgan fingerprint density at radius 1 is 0.970 bits per heavy atom. The predicted octanol–water partition coefficient (Wildman–Crippen LogP) is 4.73. The van der Waals surface area contributed by atoms with E-state index in [2.05, 4.69) is 10.6 Å². The van der Waals surface area contributed by atoms with Gasteiger partial charge in [-0.2, -0.15) is 0 Å². The maximum absolute atomic E-state index is 12.9. The summed E-state index contributed by atoms with van der Waals surface area (Å²) in [7, 11) is 0. The minimum atomic E-state index is -0.709. The average Bonchev–Trinajstić information content (AvgIpc) is 3.23. The number of nitrogens with two attached hydrogens (primary N) is 1. The van der Waals surface area contributed by atoms with E-state index in [4.69, 9.17) is 28.9 Å². The van der Waals surface area contributed by atoms with Crippen LogP contribution in [0, 0.1) is 0 Å². The van der Waals surface area contributed by atoms with Gasteiger partial charge in [0.05, 0.1) is 6.04 Å². The number of hydrogen-bond acceptors (Lipinski definition) is 3. The summed E-state index contributed by atoms with van der Waals surface area (Å²) in [5.74, 6) is -0.146. The van der Waals surface area contributed by atoms with E-state index in [1.807, 2.05) is 48.5 Å². The standard InChI is InChI=1S/C25H24Cl2N4O2/c26-20-8-6-17(22(27)12-20)11-23(28)24(32)31-14-18-7-9-21(10-19(18)15-31)30-25(33)29-13-16-4-2-1-3-5-16/h1-10,12,23H,11,13-15,28H2,(H2,29,30,33). The van der Waals surface area contributed by atoms with Gasteiger partial charge in [-0.25, -0.2) is 4.79 Å². The van der Waals surface area contributed by atoms with Crippen LogP contribution in [0.4, 0.5) is 10.5 Å². The highest BCUT2D eigenvalue weighted by Gasteiger charge is 2.28. The quantitative estimate of drug-likeness (QED) is 0.474. The normalized spacial score (nSPS) is 13.4. The number of carbonyl (C=O) groups is 2. The number of nitrogens with zero attached hydrogens (tertiary/aromatic N) is 1. The summed E-state index contributed by atoms with van der Waals surface area (Å²) >= 11 is 12.2. The first kappa shape index (κ1) is 23.1. The second kappa shape index (κ2) is 10.3. The van der Waals surface area contributed by atoms with Crippen molar-refractivity contribution in [2.24, 2.45) is 5.73 Å². The molecule has 0 fully saturated rings. The highest BCUT2D eigenvalue weighted by atomic mass is 35.5. The summed E-state index contributed by atoms with van der Waals surface area (Å²) in [5, 5.41) is 6.72. The molecule has 3 aromatic rings. The number of carbonyl (C=O) groups excluding carboxylic acids is 2. The molecule has 1 atom stereocenters. The molecule has 0 spiro atoms. The van der Waals surface area contributed by atoms with Gasteiger partial charge >= 0.3 is 6.03 Å². The number of fused-ring (bicyclic) bond motifs is 1. The predicted molar refractivity (Wildman–Crippen MR) is 131 cm³/mol. The van der Waals surface area contributed by atoms with Gasteiger partial charge in [-0.05, 0) is 52.9 Å². The third kappa shape index (κ3) is 5.85. The Bertz CT molecular complexity index is 1170. The molecule has 0 aliphatic carbocycles. The number of amides is 3. The van der Waals surface area contributed by atoms with Crippen molar-refractivity contribution in [3.63, 3.8) is 0 Å². The zero-order chi connectivity index (χ0) is 23.4. The van der Waals surface area contributed by atoms with Crippen LogP contribution in [0.2, 0.25) is 10.0 Å². The summed E-state index contributed by atoms with van der Waals surface area (Å²) in [4.78, 5) is 26.9. The zero-order valence-electron chi connectivity index (χ0n) is 17.9.